The van der Waals surface area contributed by atoms with Gasteiger partial charge in [-0.1, -0.05) is 34.8 Å². The van der Waals surface area contributed by atoms with Crippen molar-refractivity contribution in [2.45, 2.75) is 31.1 Å². The molecule has 1 saturated carbocycles. The van der Waals surface area contributed by atoms with Crippen LogP contribution in [0.2, 0.25) is 0 Å². The molecule has 1 aromatic heterocycles. The predicted molar refractivity (Wildman–Crippen MR) is 125 cm³/mol. The molecule has 0 N–H and O–H groups in total. The Morgan fingerprint density at radius 2 is 1.86 bits per heavy atom. The number of carbonyl (C=O) groups excluding carboxylic acids is 2. The molecule has 2 aliphatic rings. The van der Waals surface area contributed by atoms with Crippen LogP contribution in [0.4, 0.5) is 13.3 Å². The SMILES string of the molecule is COC(=O)c1ccc(OCCN2CCC(CN(F)C(=O)C(F)(F)C3CC3c3ccccc3)CC2)nc1. The number of methoxy groups -OCH3 is 1. The summed E-state index contributed by atoms with van der Waals surface area (Å²) < 4.78 is 54.1. The second-order valence-corrected chi connectivity index (χ2v) is 9.34. The van der Waals surface area contributed by atoms with Crippen molar-refractivity contribution >= 4 is 11.9 Å². The van der Waals surface area contributed by atoms with E-state index in [1.165, 1.54) is 13.3 Å². The van der Waals surface area contributed by atoms with Crippen LogP contribution in [0.3, 0.4) is 0 Å². The van der Waals surface area contributed by atoms with Crippen LogP contribution in [-0.2, 0) is 9.53 Å². The third-order valence-corrected chi connectivity index (χ3v) is 6.93. The number of carbonyl (C=O) groups is 2. The van der Waals surface area contributed by atoms with Gasteiger partial charge in [-0.05, 0) is 55.8 Å². The first kappa shape index (κ1) is 25.9. The van der Waals surface area contributed by atoms with E-state index in [1.807, 2.05) is 0 Å². The zero-order valence-electron chi connectivity index (χ0n) is 20.1. The maximum atomic E-state index is 14.7. The van der Waals surface area contributed by atoms with E-state index in [4.69, 9.17) is 4.74 Å². The van der Waals surface area contributed by atoms with Gasteiger partial charge < -0.3 is 9.47 Å². The molecule has 0 bridgehead atoms. The molecule has 1 aliphatic carbocycles. The van der Waals surface area contributed by atoms with Gasteiger partial charge in [0.1, 0.15) is 6.61 Å². The topological polar surface area (TPSA) is 72.0 Å². The van der Waals surface area contributed by atoms with Crippen molar-refractivity contribution in [3.05, 3.63) is 59.8 Å². The average Bonchev–Trinajstić information content (AvgIpc) is 3.72. The average molecular weight is 506 g/mol. The lowest BCUT2D eigenvalue weighted by molar-refractivity contribution is -0.178. The predicted octanol–water partition coefficient (Wildman–Crippen LogP) is 4.11. The van der Waals surface area contributed by atoms with Gasteiger partial charge in [0.2, 0.25) is 5.88 Å². The Morgan fingerprint density at radius 1 is 1.14 bits per heavy atom. The number of hydrogen-bond donors (Lipinski definition) is 0. The fraction of sp³-hybridized carbons (Fsp3) is 0.500. The molecule has 4 rings (SSSR count). The molecular formula is C26H30F3N3O4. The Kier molecular flexibility index (Phi) is 8.13. The summed E-state index contributed by atoms with van der Waals surface area (Å²) in [6, 6.07) is 12.0. The molecule has 0 radical (unpaired) electrons. The van der Waals surface area contributed by atoms with E-state index in [9.17, 15) is 22.9 Å². The maximum Gasteiger partial charge on any atom is 0.339 e. The van der Waals surface area contributed by atoms with Crippen molar-refractivity contribution in [2.75, 3.05) is 39.9 Å². The van der Waals surface area contributed by atoms with Gasteiger partial charge in [0.25, 0.3) is 0 Å². The number of benzene rings is 1. The summed E-state index contributed by atoms with van der Waals surface area (Å²) in [7, 11) is 1.30. The molecule has 1 amide bonds. The minimum absolute atomic E-state index is 0.177. The van der Waals surface area contributed by atoms with Gasteiger partial charge in [-0.2, -0.15) is 13.9 Å². The van der Waals surface area contributed by atoms with Gasteiger partial charge in [-0.3, -0.25) is 9.69 Å². The Hall–Kier alpha value is -3.14. The van der Waals surface area contributed by atoms with Gasteiger partial charge in [0.05, 0.1) is 19.2 Å². The molecule has 2 heterocycles. The summed E-state index contributed by atoms with van der Waals surface area (Å²) in [5.41, 5.74) is 1.09. The highest BCUT2D eigenvalue weighted by atomic mass is 19.3. The lowest BCUT2D eigenvalue weighted by Crippen LogP contribution is -2.45. The monoisotopic (exact) mass is 505 g/mol. The van der Waals surface area contributed by atoms with E-state index < -0.39 is 29.6 Å². The number of piperidine rings is 1. The molecule has 194 valence electrons. The number of alkyl halides is 2. The Bertz CT molecular complexity index is 1030. The maximum absolute atomic E-state index is 14.7. The molecule has 2 fully saturated rings. The summed E-state index contributed by atoms with van der Waals surface area (Å²) in [5, 5.41) is -0.270. The van der Waals surface area contributed by atoms with Gasteiger partial charge >= 0.3 is 17.8 Å². The molecule has 1 aromatic carbocycles. The summed E-state index contributed by atoms with van der Waals surface area (Å²) >= 11 is 0. The zero-order chi connectivity index (χ0) is 25.7. The van der Waals surface area contributed by atoms with Crippen molar-refractivity contribution in [1.82, 2.24) is 15.0 Å². The van der Waals surface area contributed by atoms with Crippen molar-refractivity contribution in [1.29, 1.82) is 0 Å². The third-order valence-electron chi connectivity index (χ3n) is 6.93. The van der Waals surface area contributed by atoms with Crippen molar-refractivity contribution in [2.24, 2.45) is 11.8 Å². The molecule has 1 aliphatic heterocycles. The van der Waals surface area contributed by atoms with Crippen molar-refractivity contribution in [3.8, 4) is 5.88 Å². The first-order valence-electron chi connectivity index (χ1n) is 12.1. The number of likely N-dealkylation sites (tertiary alicyclic amines) is 1. The smallest absolute Gasteiger partial charge is 0.339 e. The summed E-state index contributed by atoms with van der Waals surface area (Å²) in [6.07, 6.45) is 2.76. The van der Waals surface area contributed by atoms with E-state index in [1.54, 1.807) is 42.5 Å². The summed E-state index contributed by atoms with van der Waals surface area (Å²) in [6.45, 7) is 1.98. The summed E-state index contributed by atoms with van der Waals surface area (Å²) in [4.78, 5) is 29.9. The van der Waals surface area contributed by atoms with Crippen LogP contribution in [0.25, 0.3) is 0 Å². The van der Waals surface area contributed by atoms with E-state index in [0.29, 0.717) is 50.5 Å². The van der Waals surface area contributed by atoms with Gasteiger partial charge in [0, 0.05) is 24.7 Å². The van der Waals surface area contributed by atoms with Gasteiger partial charge in [-0.25, -0.2) is 9.78 Å². The van der Waals surface area contributed by atoms with Crippen molar-refractivity contribution in [3.63, 3.8) is 0 Å². The van der Waals surface area contributed by atoms with E-state index in [-0.39, 0.29) is 24.0 Å². The van der Waals surface area contributed by atoms with Crippen LogP contribution in [0.15, 0.2) is 48.7 Å². The highest BCUT2D eigenvalue weighted by Crippen LogP contribution is 2.56. The fourth-order valence-electron chi connectivity index (χ4n) is 4.67. The minimum Gasteiger partial charge on any atom is -0.476 e. The standard InChI is InChI=1S/C26H30F3N3O4/c1-35-24(33)20-7-8-23(30-16-20)36-14-13-31-11-9-18(10-12-31)17-32(29)25(34)26(27,28)22-15-21(22)19-5-3-2-4-6-19/h2-8,16,18,21-22H,9-15,17H2,1H3. The molecule has 2 atom stereocenters. The number of hydrogen-bond acceptors (Lipinski definition) is 6. The number of rotatable bonds is 10. The molecule has 7 nitrogen and oxygen atoms in total. The summed E-state index contributed by atoms with van der Waals surface area (Å²) in [5.74, 6) is -7.27. The number of amides is 1. The fourth-order valence-corrected chi connectivity index (χ4v) is 4.67. The van der Waals surface area contributed by atoms with Crippen LogP contribution in [-0.4, -0.2) is 72.7 Å². The van der Waals surface area contributed by atoms with E-state index >= 15 is 0 Å². The Balaban J connectivity index is 1.16. The highest BCUT2D eigenvalue weighted by molar-refractivity contribution is 5.88. The van der Waals surface area contributed by atoms with Crippen LogP contribution < -0.4 is 4.74 Å². The Morgan fingerprint density at radius 3 is 2.50 bits per heavy atom. The van der Waals surface area contributed by atoms with Crippen LogP contribution in [0.5, 0.6) is 5.88 Å². The molecule has 1 saturated heterocycles. The van der Waals surface area contributed by atoms with E-state index in [0.717, 1.165) is 5.56 Å². The molecule has 2 aromatic rings. The van der Waals surface area contributed by atoms with E-state index in [2.05, 4.69) is 14.6 Å². The Labute approximate surface area is 208 Å². The lowest BCUT2D eigenvalue weighted by Gasteiger charge is -2.33. The second kappa shape index (κ2) is 11.3. The number of esters is 1. The zero-order valence-corrected chi connectivity index (χ0v) is 20.1. The normalized spacial score (nSPS) is 20.6. The number of nitrogens with zero attached hydrogens (tertiary/aromatic N) is 3. The first-order valence-corrected chi connectivity index (χ1v) is 12.1. The molecule has 36 heavy (non-hydrogen) atoms. The van der Waals surface area contributed by atoms with Crippen LogP contribution in [0, 0.1) is 11.8 Å². The van der Waals surface area contributed by atoms with Crippen LogP contribution in [0.1, 0.15) is 41.1 Å². The largest absolute Gasteiger partial charge is 0.476 e. The second-order valence-electron chi connectivity index (χ2n) is 9.34. The number of aromatic nitrogens is 1. The molecule has 2 unspecified atom stereocenters. The van der Waals surface area contributed by atoms with Gasteiger partial charge in [-0.15, -0.1) is 0 Å². The number of ether oxygens (including phenoxy) is 2. The first-order chi connectivity index (χ1) is 17.3. The lowest BCUT2D eigenvalue weighted by atomic mass is 9.96. The quantitative estimate of drug-likeness (QED) is 0.358. The molecule has 0 spiro atoms. The molecular weight excluding hydrogens is 475 g/mol. The highest BCUT2D eigenvalue weighted by Gasteiger charge is 2.61. The van der Waals surface area contributed by atoms with Gasteiger partial charge in [0.15, 0.2) is 0 Å². The van der Waals surface area contributed by atoms with Crippen molar-refractivity contribution < 1.29 is 32.3 Å². The number of halogens is 3. The third kappa shape index (κ3) is 6.16. The minimum atomic E-state index is -3.71. The van der Waals surface area contributed by atoms with Crippen LogP contribution >= 0.6 is 0 Å². The number of pyridine rings is 1. The molecule has 10 heteroatoms.